The number of nitrogens with one attached hydrogen (secondary N) is 2. The van der Waals surface area contributed by atoms with Gasteiger partial charge in [-0.2, -0.15) is 16.8 Å². The van der Waals surface area contributed by atoms with E-state index in [1.54, 1.807) is 44.8 Å². The molecule has 4 amide bonds. The highest BCUT2D eigenvalue weighted by Gasteiger charge is 2.63. The van der Waals surface area contributed by atoms with Gasteiger partial charge in [0.15, 0.2) is 11.6 Å². The van der Waals surface area contributed by atoms with Crippen molar-refractivity contribution in [3.63, 3.8) is 0 Å². The molecule has 12 rings (SSSR count). The maximum Gasteiger partial charge on any atom is 0.362 e. The van der Waals surface area contributed by atoms with Crippen molar-refractivity contribution in [2.24, 2.45) is 45.3 Å². The van der Waals surface area contributed by atoms with Crippen molar-refractivity contribution in [1.29, 1.82) is 0 Å². The molecular formula is C78H104N6O20S2. The fourth-order valence-electron chi connectivity index (χ4n) is 15.9. The second-order valence-corrected chi connectivity index (χ2v) is 35.1. The Kier molecular flexibility index (Phi) is 23.8. The normalized spacial score (nSPS) is 25.2. The Morgan fingerprint density at radius 1 is 0.557 bits per heavy atom. The molecule has 28 heteroatoms. The van der Waals surface area contributed by atoms with Gasteiger partial charge >= 0.3 is 32.5 Å². The van der Waals surface area contributed by atoms with E-state index in [0.29, 0.717) is 72.6 Å². The van der Waals surface area contributed by atoms with E-state index in [9.17, 15) is 55.2 Å². The largest absolute Gasteiger partial charge is 0.496 e. The summed E-state index contributed by atoms with van der Waals surface area (Å²) in [5.74, 6) is -3.89. The lowest BCUT2D eigenvalue weighted by Crippen LogP contribution is -2.48. The summed E-state index contributed by atoms with van der Waals surface area (Å²) in [7, 11) is -5.54. The van der Waals surface area contributed by atoms with Crippen molar-refractivity contribution in [3.8, 4) is 23.0 Å². The molecule has 2 aromatic carbocycles. The van der Waals surface area contributed by atoms with Gasteiger partial charge in [-0.05, 0) is 163 Å². The molecule has 2 aromatic heterocycles. The molecule has 6 aliphatic carbocycles. The van der Waals surface area contributed by atoms with Crippen LogP contribution in [-0.2, 0) is 76.8 Å². The van der Waals surface area contributed by atoms with Crippen LogP contribution < -0.4 is 28.4 Å². The van der Waals surface area contributed by atoms with Crippen LogP contribution in [0.4, 0.5) is 0 Å². The number of amides is 4. The smallest absolute Gasteiger partial charge is 0.362 e. The number of carbonyl (C=O) groups excluding carboxylic acids is 8. The van der Waals surface area contributed by atoms with E-state index in [4.69, 9.17) is 36.8 Å². The van der Waals surface area contributed by atoms with Crippen LogP contribution in [0.1, 0.15) is 194 Å². The molecule has 0 bridgehead atoms. The van der Waals surface area contributed by atoms with Gasteiger partial charge in [0.1, 0.15) is 47.4 Å². The Morgan fingerprint density at radius 2 is 0.953 bits per heavy atom. The van der Waals surface area contributed by atoms with Crippen molar-refractivity contribution in [2.45, 2.75) is 246 Å². The molecule has 106 heavy (non-hydrogen) atoms. The number of likely N-dealkylation sites (tertiary alicyclic amines) is 2. The predicted molar refractivity (Wildman–Crippen MR) is 390 cm³/mol. The summed E-state index contributed by atoms with van der Waals surface area (Å²) in [5, 5.41) is 1.48. The Morgan fingerprint density at radius 3 is 1.30 bits per heavy atom. The zero-order valence-electron chi connectivity index (χ0n) is 62.9. The number of hydrogen-bond acceptors (Lipinski definition) is 22. The third-order valence-electron chi connectivity index (χ3n) is 22.7. The predicted octanol–water partition coefficient (Wildman–Crippen LogP) is 10.5. The van der Waals surface area contributed by atoms with Crippen molar-refractivity contribution in [1.82, 2.24) is 29.2 Å². The number of aryl methyl sites for hydroxylation is 2. The average Bonchev–Trinajstić information content (AvgIpc) is 1.58. The fourth-order valence-corrected chi connectivity index (χ4v) is 18.0. The van der Waals surface area contributed by atoms with Gasteiger partial charge in [-0.15, -0.1) is 6.58 Å². The van der Waals surface area contributed by atoms with E-state index in [1.165, 1.54) is 9.80 Å². The maximum atomic E-state index is 14.6. The van der Waals surface area contributed by atoms with E-state index in [1.807, 2.05) is 91.3 Å². The van der Waals surface area contributed by atoms with Crippen LogP contribution in [0.2, 0.25) is 0 Å². The quantitative estimate of drug-likeness (QED) is 0.0362. The number of nitrogens with zero attached hydrogens (tertiary/aromatic N) is 4. The molecule has 2 aliphatic heterocycles. The highest BCUT2D eigenvalue weighted by Crippen LogP contribution is 2.59. The van der Waals surface area contributed by atoms with Crippen LogP contribution in [0, 0.1) is 59.2 Å². The Bertz CT molecular complexity index is 4270. The lowest BCUT2D eigenvalue weighted by atomic mass is 9.77. The van der Waals surface area contributed by atoms with Gasteiger partial charge in [-0.1, -0.05) is 61.0 Å². The van der Waals surface area contributed by atoms with E-state index in [-0.39, 0.29) is 93.8 Å². The second kappa shape index (κ2) is 31.8. The summed E-state index contributed by atoms with van der Waals surface area (Å²) >= 11 is 0. The first kappa shape index (κ1) is 79.2. The summed E-state index contributed by atoms with van der Waals surface area (Å²) in [6.07, 6.45) is 12.4. The summed E-state index contributed by atoms with van der Waals surface area (Å²) < 4.78 is 100. The number of fused-ring (bicyclic) bond motifs is 2. The minimum Gasteiger partial charge on any atom is -0.496 e. The number of pyridine rings is 2. The molecule has 2 saturated heterocycles. The molecule has 8 aliphatic rings. The van der Waals surface area contributed by atoms with Gasteiger partial charge in [-0.25, -0.2) is 9.44 Å². The minimum absolute atomic E-state index is 0.0478. The van der Waals surface area contributed by atoms with Gasteiger partial charge in [0.2, 0.25) is 23.6 Å². The Hall–Kier alpha value is -7.82. The van der Waals surface area contributed by atoms with E-state index < -0.39 is 126 Å². The zero-order valence-corrected chi connectivity index (χ0v) is 64.5. The summed E-state index contributed by atoms with van der Waals surface area (Å²) in [5.41, 5.74) is -0.876. The number of benzene rings is 2. The first-order valence-electron chi connectivity index (χ1n) is 37.5. The molecule has 2 N–H and O–H groups in total. The monoisotopic (exact) mass is 1510 g/mol. The van der Waals surface area contributed by atoms with Gasteiger partial charge in [-0.3, -0.25) is 56.7 Å². The molecule has 0 unspecified atom stereocenters. The van der Waals surface area contributed by atoms with E-state index in [0.717, 1.165) is 73.3 Å². The van der Waals surface area contributed by atoms with Crippen LogP contribution in [0.15, 0.2) is 61.4 Å². The molecule has 6 saturated carbocycles. The zero-order chi connectivity index (χ0) is 76.6. The topological polar surface area (TPSA) is 335 Å². The third kappa shape index (κ3) is 18.3. The van der Waals surface area contributed by atoms with Gasteiger partial charge in [0.05, 0.1) is 98.1 Å². The number of hydrogen-bond donors (Lipinski definition) is 2. The van der Waals surface area contributed by atoms with Crippen molar-refractivity contribution >= 4 is 89.5 Å². The van der Waals surface area contributed by atoms with Crippen LogP contribution in [-0.4, -0.2) is 160 Å². The first-order valence-corrected chi connectivity index (χ1v) is 40.3. The lowest BCUT2D eigenvalue weighted by Gasteiger charge is -2.35. The number of ketones is 2. The van der Waals surface area contributed by atoms with Crippen LogP contribution in [0.3, 0.4) is 0 Å². The van der Waals surface area contributed by atoms with Crippen LogP contribution in [0.5, 0.6) is 23.0 Å². The van der Waals surface area contributed by atoms with Crippen molar-refractivity contribution in [2.75, 3.05) is 27.3 Å². The molecule has 578 valence electrons. The molecule has 4 heterocycles. The number of Topliss-reactive ketones (excluding diaryl/α,β-unsaturated/α-hetero) is 2. The fraction of sp³-hybridized carbons (Fsp3) is 0.641. The number of carbonyl (C=O) groups is 8. The van der Waals surface area contributed by atoms with Gasteiger partial charge < -0.3 is 38.2 Å². The highest BCUT2D eigenvalue weighted by molar-refractivity contribution is 7.85. The molecule has 0 radical (unpaired) electrons. The van der Waals surface area contributed by atoms with Crippen molar-refractivity contribution < 1.29 is 92.0 Å². The molecular weight excluding hydrogens is 1410 g/mol. The van der Waals surface area contributed by atoms with Crippen LogP contribution in [0.25, 0.3) is 21.8 Å². The number of esters is 2. The average molecular weight is 1510 g/mol. The van der Waals surface area contributed by atoms with Gasteiger partial charge in [0.25, 0.3) is 0 Å². The molecule has 26 nitrogen and oxygen atoms in total. The summed E-state index contributed by atoms with van der Waals surface area (Å²) in [6, 6.07) is 8.86. The first-order chi connectivity index (χ1) is 50.1. The second-order valence-electron chi connectivity index (χ2n) is 32.5. The van der Waals surface area contributed by atoms with E-state index >= 15 is 0 Å². The highest BCUT2D eigenvalue weighted by atomic mass is 32.2. The Balaban J connectivity index is 0.000000212. The van der Waals surface area contributed by atoms with Crippen molar-refractivity contribution in [3.05, 3.63) is 72.6 Å². The summed E-state index contributed by atoms with van der Waals surface area (Å²) in [4.78, 5) is 124. The van der Waals surface area contributed by atoms with Crippen LogP contribution >= 0.6 is 0 Å². The summed E-state index contributed by atoms with van der Waals surface area (Å²) in [6.45, 7) is 20.9. The number of rotatable bonds is 30. The van der Waals surface area contributed by atoms with Gasteiger partial charge in [0, 0.05) is 60.0 Å². The number of methoxy groups -OCH3 is 2. The maximum absolute atomic E-state index is 14.6. The SMILES string of the molecule is C=C[C@@H]1C[C@]1(CC(=O)[C@@H]1C[C@@H](Oc2ccnc3c(C)c(OC)ccc23)CN1C(=O)[C@@H](CC(=O)OC1CCCC1)C(C)(C)C)C(=O)NS(=O)(=O)OC1CC1.CC[C@@H]1C[C@]1(CC(=O)[C@@H]1C[C@@H](Oc2ccnc3c(C)c(OC)ccc23)CN1C(=O)[C@@H](CC(=O)OC1CCCC1)C(C)(C)C)C(=O)NS(=O)(=O)OC1CC1. The number of ether oxygens (including phenoxy) is 6. The molecule has 4 aromatic rings. The van der Waals surface area contributed by atoms with E-state index in [2.05, 4.69) is 21.3 Å². The third-order valence-corrected chi connectivity index (χ3v) is 24.6. The lowest BCUT2D eigenvalue weighted by molar-refractivity contribution is -0.156. The molecule has 0 spiro atoms. The number of allylic oxidation sites excluding steroid dienone is 1. The number of aromatic nitrogens is 2. The Labute approximate surface area is 621 Å². The minimum atomic E-state index is -4.37. The standard InChI is InChI=1S/C39H53N3O10S.C39H51N3O10S/c2*1-7-24-20-39(24,37(46)41-53(47,48)52-26-12-13-26)21-31(43)30-18-27(50-33-16-17-40-35-23(2)32(49-6)15-14-28(33)35)22-42(30)36(45)29(38(3,4)5)19-34(44)51-25-10-8-9-11-25/h14-17,24-27,29-30H,7-13,18-22H2,1-6H3,(H,41,46);7,14-17,24-27,29-30H,1,8-13,18-22H2,2-6H3,(H,41,46)/t2*24-,27-,29-,30+,39-/m11/s1. The molecule has 10 atom stereocenters. The molecule has 8 fully saturated rings.